The van der Waals surface area contributed by atoms with Crippen molar-refractivity contribution in [3.8, 4) is 11.4 Å². The summed E-state index contributed by atoms with van der Waals surface area (Å²) in [7, 11) is -2.29. The minimum atomic E-state index is -3.85. The Morgan fingerprint density at radius 2 is 1.77 bits per heavy atom. The van der Waals surface area contributed by atoms with Crippen LogP contribution in [0.4, 0.5) is 5.95 Å². The lowest BCUT2D eigenvalue weighted by atomic mass is 10.1. The normalized spacial score (nSPS) is 14.7. The number of benzene rings is 1. The van der Waals surface area contributed by atoms with E-state index in [0.29, 0.717) is 23.1 Å². The number of hydrogen-bond acceptors (Lipinski definition) is 7. The smallest absolute Gasteiger partial charge is 0.240 e. The van der Waals surface area contributed by atoms with Crippen LogP contribution in [-0.4, -0.2) is 45.5 Å². The number of halogens is 1. The van der Waals surface area contributed by atoms with E-state index in [2.05, 4.69) is 24.9 Å². The molecule has 0 amide bonds. The molecule has 1 aromatic carbocycles. The summed E-state index contributed by atoms with van der Waals surface area (Å²) >= 11 is 5.84. The fourth-order valence-corrected chi connectivity index (χ4v) is 4.47. The Balaban J connectivity index is 1.95. The van der Waals surface area contributed by atoms with Crippen LogP contribution in [-0.2, 0) is 14.8 Å². The largest absolute Gasteiger partial charge is 0.361 e. The van der Waals surface area contributed by atoms with Crippen LogP contribution in [0, 0.1) is 0 Å². The summed E-state index contributed by atoms with van der Waals surface area (Å²) in [5, 5.41) is 7.88. The molecule has 0 radical (unpaired) electrons. The van der Waals surface area contributed by atoms with Crippen LogP contribution in [0.3, 0.4) is 0 Å². The molecule has 1 N–H and O–H groups in total. The SMILES string of the molecule is CCC(OC)n1c(NS(=O)(=O)[C@@H](C)[C@H](C)c2ncc(Cl)cn2)nnc1-c1ccccc1. The first-order chi connectivity index (χ1) is 14.8. The van der Waals surface area contributed by atoms with Crippen LogP contribution in [0.1, 0.15) is 45.2 Å². The molecule has 31 heavy (non-hydrogen) atoms. The topological polar surface area (TPSA) is 112 Å². The van der Waals surface area contributed by atoms with Crippen molar-refractivity contribution in [3.63, 3.8) is 0 Å². The van der Waals surface area contributed by atoms with E-state index in [0.717, 1.165) is 5.56 Å². The van der Waals surface area contributed by atoms with Gasteiger partial charge in [-0.1, -0.05) is 55.8 Å². The van der Waals surface area contributed by atoms with Gasteiger partial charge in [-0.25, -0.2) is 18.4 Å². The highest BCUT2D eigenvalue weighted by atomic mass is 35.5. The maximum Gasteiger partial charge on any atom is 0.240 e. The second-order valence-electron chi connectivity index (χ2n) is 7.08. The summed E-state index contributed by atoms with van der Waals surface area (Å²) in [4.78, 5) is 8.29. The molecule has 3 atom stereocenters. The average Bonchev–Trinajstić information content (AvgIpc) is 3.17. The molecule has 2 aromatic heterocycles. The van der Waals surface area contributed by atoms with Gasteiger partial charge in [0.15, 0.2) is 5.82 Å². The average molecular weight is 465 g/mol. The molecule has 0 aliphatic heterocycles. The Bertz CT molecular complexity index is 1100. The summed E-state index contributed by atoms with van der Waals surface area (Å²) < 4.78 is 36.1. The van der Waals surface area contributed by atoms with Crippen molar-refractivity contribution in [1.82, 2.24) is 24.7 Å². The van der Waals surface area contributed by atoms with E-state index in [4.69, 9.17) is 16.3 Å². The highest BCUT2D eigenvalue weighted by Gasteiger charge is 2.32. The number of nitrogens with zero attached hydrogens (tertiary/aromatic N) is 5. The molecule has 0 saturated heterocycles. The van der Waals surface area contributed by atoms with Crippen molar-refractivity contribution in [2.24, 2.45) is 0 Å². The number of hydrogen-bond donors (Lipinski definition) is 1. The number of methoxy groups -OCH3 is 1. The molecule has 0 fully saturated rings. The standard InChI is InChI=1S/C20H25ClN6O3S/c1-5-17(30-4)27-19(15-9-7-6-8-10-15)24-25-20(27)26-31(28,29)14(3)13(2)18-22-11-16(21)12-23-18/h6-14,17H,5H2,1-4H3,(H,25,26)/t13-,14-,17?/m0/s1. The van der Waals surface area contributed by atoms with Gasteiger partial charge >= 0.3 is 0 Å². The van der Waals surface area contributed by atoms with E-state index in [1.165, 1.54) is 12.4 Å². The number of anilines is 1. The van der Waals surface area contributed by atoms with Gasteiger partial charge in [0, 0.05) is 31.0 Å². The van der Waals surface area contributed by atoms with E-state index in [1.54, 1.807) is 25.5 Å². The molecule has 0 aliphatic rings. The molecule has 0 aliphatic carbocycles. The second kappa shape index (κ2) is 9.71. The van der Waals surface area contributed by atoms with Crippen LogP contribution in [0.25, 0.3) is 11.4 Å². The third-order valence-electron chi connectivity index (χ3n) is 5.11. The fraction of sp³-hybridized carbons (Fsp3) is 0.400. The van der Waals surface area contributed by atoms with Crippen molar-refractivity contribution >= 4 is 27.6 Å². The molecule has 2 heterocycles. The Morgan fingerprint density at radius 3 is 2.35 bits per heavy atom. The Morgan fingerprint density at radius 1 is 1.13 bits per heavy atom. The first-order valence-electron chi connectivity index (χ1n) is 9.80. The third-order valence-corrected chi connectivity index (χ3v) is 7.16. The first-order valence-corrected chi connectivity index (χ1v) is 11.7. The van der Waals surface area contributed by atoms with Gasteiger partial charge in [0.2, 0.25) is 16.0 Å². The predicted molar refractivity (Wildman–Crippen MR) is 119 cm³/mol. The molecule has 3 aromatic rings. The van der Waals surface area contributed by atoms with Gasteiger partial charge in [-0.3, -0.25) is 9.29 Å². The summed E-state index contributed by atoms with van der Waals surface area (Å²) in [6.07, 6.45) is 3.03. The predicted octanol–water partition coefficient (Wildman–Crippen LogP) is 3.88. The number of nitrogens with one attached hydrogen (secondary N) is 1. The number of rotatable bonds is 9. The molecular weight excluding hydrogens is 440 g/mol. The van der Waals surface area contributed by atoms with Crippen LogP contribution >= 0.6 is 11.6 Å². The highest BCUT2D eigenvalue weighted by molar-refractivity contribution is 7.93. The minimum absolute atomic E-state index is 0.0867. The van der Waals surface area contributed by atoms with Gasteiger partial charge in [0.05, 0.1) is 10.3 Å². The monoisotopic (exact) mass is 464 g/mol. The Labute approximate surface area is 186 Å². The molecule has 11 heteroatoms. The summed E-state index contributed by atoms with van der Waals surface area (Å²) in [5.74, 6) is 0.499. The molecule has 9 nitrogen and oxygen atoms in total. The highest BCUT2D eigenvalue weighted by Crippen LogP contribution is 2.29. The van der Waals surface area contributed by atoms with Crippen LogP contribution < -0.4 is 4.72 Å². The molecule has 0 saturated carbocycles. The zero-order valence-electron chi connectivity index (χ0n) is 17.7. The maximum atomic E-state index is 13.2. The number of ether oxygens (including phenoxy) is 1. The minimum Gasteiger partial charge on any atom is -0.361 e. The molecule has 0 spiro atoms. The maximum absolute atomic E-state index is 13.2. The van der Waals surface area contributed by atoms with Gasteiger partial charge in [-0.15, -0.1) is 10.2 Å². The van der Waals surface area contributed by atoms with Crippen LogP contribution in [0.2, 0.25) is 5.02 Å². The van der Waals surface area contributed by atoms with Crippen molar-refractivity contribution in [1.29, 1.82) is 0 Å². The molecule has 3 rings (SSSR count). The van der Waals surface area contributed by atoms with Crippen LogP contribution in [0.15, 0.2) is 42.7 Å². The first kappa shape index (κ1) is 23.1. The van der Waals surface area contributed by atoms with E-state index in [9.17, 15) is 8.42 Å². The number of aromatic nitrogens is 5. The van der Waals surface area contributed by atoms with E-state index < -0.39 is 27.4 Å². The zero-order valence-corrected chi connectivity index (χ0v) is 19.3. The van der Waals surface area contributed by atoms with Crippen LogP contribution in [0.5, 0.6) is 0 Å². The van der Waals surface area contributed by atoms with Gasteiger partial charge in [0.25, 0.3) is 0 Å². The third kappa shape index (κ3) is 5.03. The van der Waals surface area contributed by atoms with E-state index >= 15 is 0 Å². The zero-order chi connectivity index (χ0) is 22.6. The van der Waals surface area contributed by atoms with Gasteiger partial charge < -0.3 is 4.74 Å². The second-order valence-corrected chi connectivity index (χ2v) is 9.56. The molecule has 1 unspecified atom stereocenters. The van der Waals surface area contributed by atoms with Gasteiger partial charge in [-0.05, 0) is 13.3 Å². The van der Waals surface area contributed by atoms with E-state index in [-0.39, 0.29) is 5.95 Å². The lowest BCUT2D eigenvalue weighted by Crippen LogP contribution is -2.32. The van der Waals surface area contributed by atoms with Gasteiger partial charge in [-0.2, -0.15) is 0 Å². The molecular formula is C20H25ClN6O3S. The lowest BCUT2D eigenvalue weighted by Gasteiger charge is -2.22. The quantitative estimate of drug-likeness (QED) is 0.511. The van der Waals surface area contributed by atoms with Crippen molar-refractivity contribution < 1.29 is 13.2 Å². The molecule has 166 valence electrons. The van der Waals surface area contributed by atoms with Crippen molar-refractivity contribution in [3.05, 3.63) is 53.6 Å². The Hall–Kier alpha value is -2.56. The van der Waals surface area contributed by atoms with Gasteiger partial charge in [0.1, 0.15) is 12.1 Å². The summed E-state index contributed by atoms with van der Waals surface area (Å²) in [6.45, 7) is 5.28. The summed E-state index contributed by atoms with van der Waals surface area (Å²) in [6, 6.07) is 9.40. The van der Waals surface area contributed by atoms with Crippen molar-refractivity contribution in [2.45, 2.75) is 44.6 Å². The summed E-state index contributed by atoms with van der Waals surface area (Å²) in [5.41, 5.74) is 0.798. The lowest BCUT2D eigenvalue weighted by molar-refractivity contribution is 0.0438. The molecule has 0 bridgehead atoms. The Kier molecular flexibility index (Phi) is 7.24. The van der Waals surface area contributed by atoms with Crippen molar-refractivity contribution in [2.75, 3.05) is 11.8 Å². The number of sulfonamides is 1. The van der Waals surface area contributed by atoms with E-state index in [1.807, 2.05) is 37.3 Å². The fourth-order valence-electron chi connectivity index (χ4n) is 3.13.